The Hall–Kier alpha value is -3.59. The van der Waals surface area contributed by atoms with Gasteiger partial charge in [0.2, 0.25) is 12.3 Å². The second kappa shape index (κ2) is 11.0. The molecule has 34 heavy (non-hydrogen) atoms. The summed E-state index contributed by atoms with van der Waals surface area (Å²) >= 11 is 0. The van der Waals surface area contributed by atoms with Crippen LogP contribution >= 0.6 is 0 Å². The third kappa shape index (κ3) is 5.66. The molecule has 0 saturated carbocycles. The second-order valence-corrected chi connectivity index (χ2v) is 7.27. The van der Waals surface area contributed by atoms with Crippen LogP contribution in [0.3, 0.4) is 0 Å². The van der Waals surface area contributed by atoms with Gasteiger partial charge < -0.3 is 38.9 Å². The number of imidazole rings is 1. The molecule has 15 heteroatoms. The summed E-state index contributed by atoms with van der Waals surface area (Å²) in [6.45, 7) is 4.04. The summed E-state index contributed by atoms with van der Waals surface area (Å²) < 4.78 is 28.7. The van der Waals surface area contributed by atoms with Crippen molar-refractivity contribution in [2.75, 3.05) is 13.7 Å². The highest BCUT2D eigenvalue weighted by molar-refractivity contribution is 5.77. The van der Waals surface area contributed by atoms with Gasteiger partial charge in [0.25, 0.3) is 5.82 Å². The fraction of sp³-hybridized carbons (Fsp3) is 0.632. The Balaban J connectivity index is 2.74. The van der Waals surface area contributed by atoms with E-state index < -0.39 is 71.9 Å². The zero-order valence-corrected chi connectivity index (χ0v) is 19.2. The van der Waals surface area contributed by atoms with Gasteiger partial charge in [0.1, 0.15) is 6.54 Å². The van der Waals surface area contributed by atoms with Crippen molar-refractivity contribution in [2.45, 2.75) is 64.9 Å². The third-order valence-corrected chi connectivity index (χ3v) is 4.93. The third-order valence-electron chi connectivity index (χ3n) is 4.93. The van der Waals surface area contributed by atoms with E-state index in [1.54, 1.807) is 0 Å². The minimum absolute atomic E-state index is 0.149. The van der Waals surface area contributed by atoms with Gasteiger partial charge in [-0.15, -0.1) is 0 Å². The van der Waals surface area contributed by atoms with Crippen molar-refractivity contribution in [3.05, 3.63) is 22.1 Å². The van der Waals surface area contributed by atoms with Crippen LogP contribution in [-0.2, 0) is 49.4 Å². The van der Waals surface area contributed by atoms with Crippen molar-refractivity contribution in [3.63, 3.8) is 0 Å². The van der Waals surface area contributed by atoms with Crippen LogP contribution < -0.4 is 4.57 Å². The molecule has 1 N–H and O–H groups in total. The fourth-order valence-electron chi connectivity index (χ4n) is 3.69. The lowest BCUT2D eigenvalue weighted by molar-refractivity contribution is -0.781. The normalized spacial score (nSPS) is 24.1. The SMILES string of the molecule is COC(=O)C1O[C@H]([n+]2cc([N+](=O)[O-])n(CCO)c2C)C(OC(C)=O)C(OC(C)=O)[C@@H]1OC(C)=O. The number of hydrogen-bond donors (Lipinski definition) is 1. The van der Waals surface area contributed by atoms with Gasteiger partial charge in [0.05, 0.1) is 13.7 Å². The van der Waals surface area contributed by atoms with Gasteiger partial charge in [-0.2, -0.15) is 9.13 Å². The maximum absolute atomic E-state index is 12.5. The van der Waals surface area contributed by atoms with Crippen molar-refractivity contribution in [1.29, 1.82) is 0 Å². The molecular weight excluding hydrogens is 462 g/mol. The quantitative estimate of drug-likeness (QED) is 0.152. The predicted molar refractivity (Wildman–Crippen MR) is 106 cm³/mol. The topological polar surface area (TPSA) is 187 Å². The van der Waals surface area contributed by atoms with E-state index in [0.29, 0.717) is 0 Å². The minimum atomic E-state index is -1.65. The van der Waals surface area contributed by atoms with E-state index in [1.807, 2.05) is 0 Å². The number of methoxy groups -OCH3 is 1. The largest absolute Gasteiger partial charge is 0.467 e. The number of carbonyl (C=O) groups excluding carboxylic acids is 4. The molecule has 188 valence electrons. The minimum Gasteiger partial charge on any atom is -0.467 e. The molecule has 5 atom stereocenters. The number of esters is 4. The van der Waals surface area contributed by atoms with Crippen molar-refractivity contribution >= 4 is 29.7 Å². The van der Waals surface area contributed by atoms with Gasteiger partial charge in [-0.3, -0.25) is 14.4 Å². The van der Waals surface area contributed by atoms with Crippen molar-refractivity contribution in [2.24, 2.45) is 0 Å². The second-order valence-electron chi connectivity index (χ2n) is 7.27. The number of nitrogens with zero attached hydrogens (tertiary/aromatic N) is 3. The van der Waals surface area contributed by atoms with Crippen LogP contribution in [0.2, 0.25) is 0 Å². The van der Waals surface area contributed by atoms with E-state index in [-0.39, 0.29) is 12.4 Å². The number of ether oxygens (including phenoxy) is 5. The molecule has 15 nitrogen and oxygen atoms in total. The van der Waals surface area contributed by atoms with E-state index in [0.717, 1.165) is 34.1 Å². The Bertz CT molecular complexity index is 974. The number of nitro groups is 1. The van der Waals surface area contributed by atoms with Crippen LogP contribution in [-0.4, -0.2) is 76.6 Å². The van der Waals surface area contributed by atoms with Crippen LogP contribution in [0.25, 0.3) is 0 Å². The lowest BCUT2D eigenvalue weighted by atomic mass is 9.96. The lowest BCUT2D eigenvalue weighted by Gasteiger charge is -2.42. The van der Waals surface area contributed by atoms with Crippen LogP contribution in [0.5, 0.6) is 0 Å². The molecule has 1 saturated heterocycles. The van der Waals surface area contributed by atoms with E-state index in [2.05, 4.69) is 0 Å². The van der Waals surface area contributed by atoms with Gasteiger partial charge in [-0.05, 0) is 4.92 Å². The van der Waals surface area contributed by atoms with E-state index in [9.17, 15) is 34.4 Å². The highest BCUT2D eigenvalue weighted by Gasteiger charge is 2.57. The smallest absolute Gasteiger partial charge is 0.365 e. The number of rotatable bonds is 8. The predicted octanol–water partition coefficient (Wildman–Crippen LogP) is -1.15. The summed E-state index contributed by atoms with van der Waals surface area (Å²) in [6, 6.07) is 0. The van der Waals surface area contributed by atoms with Crippen LogP contribution in [0, 0.1) is 17.0 Å². The molecule has 0 bridgehead atoms. The number of aliphatic hydroxyl groups excluding tert-OH is 1. The molecule has 0 radical (unpaired) electrons. The Kier molecular flexibility index (Phi) is 8.64. The molecule has 0 spiro atoms. The average Bonchev–Trinajstić information content (AvgIpc) is 3.06. The summed E-state index contributed by atoms with van der Waals surface area (Å²) in [6.07, 6.45) is -6.66. The van der Waals surface area contributed by atoms with Gasteiger partial charge >= 0.3 is 29.7 Å². The van der Waals surface area contributed by atoms with Crippen molar-refractivity contribution in [3.8, 4) is 0 Å². The fourth-order valence-corrected chi connectivity index (χ4v) is 3.69. The standard InChI is InChI=1S/C19H26N3O12/c1-9-20(6-7-23)13(22(28)29)8-21(9)18-16(33-12(4)26)14(31-10(2)24)15(32-11(3)25)17(34-18)19(27)30-5/h8,14-18,23H,6-7H2,1-5H3/q+1/t14?,15-,16?,17?,18-/m0/s1. The van der Waals surface area contributed by atoms with E-state index in [4.69, 9.17) is 23.7 Å². The Labute approximate surface area is 193 Å². The van der Waals surface area contributed by atoms with Crippen molar-refractivity contribution in [1.82, 2.24) is 4.57 Å². The first kappa shape index (κ1) is 26.7. The molecule has 0 aliphatic carbocycles. The zero-order valence-electron chi connectivity index (χ0n) is 19.2. The molecule has 2 rings (SSSR count). The van der Waals surface area contributed by atoms with E-state index >= 15 is 0 Å². The van der Waals surface area contributed by atoms with Crippen LogP contribution in [0.4, 0.5) is 5.82 Å². The maximum Gasteiger partial charge on any atom is 0.365 e. The van der Waals surface area contributed by atoms with Gasteiger partial charge in [-0.25, -0.2) is 4.79 Å². The Morgan fingerprint density at radius 2 is 1.62 bits per heavy atom. The maximum atomic E-state index is 12.5. The van der Waals surface area contributed by atoms with Gasteiger partial charge in [0, 0.05) is 27.7 Å². The van der Waals surface area contributed by atoms with Crippen LogP contribution in [0.1, 0.15) is 32.8 Å². The number of aromatic nitrogens is 2. The van der Waals surface area contributed by atoms with Crippen molar-refractivity contribution < 1.29 is 57.5 Å². The molecule has 0 aromatic carbocycles. The van der Waals surface area contributed by atoms with E-state index in [1.165, 1.54) is 16.1 Å². The van der Waals surface area contributed by atoms with Gasteiger partial charge in [0.15, 0.2) is 24.5 Å². The molecule has 1 aliphatic heterocycles. The summed E-state index contributed by atoms with van der Waals surface area (Å²) in [4.78, 5) is 58.9. The molecule has 3 unspecified atom stereocenters. The first-order chi connectivity index (χ1) is 15.9. The lowest BCUT2D eigenvalue weighted by Crippen LogP contribution is -2.66. The molecular formula is C19H26N3O12+. The zero-order chi connectivity index (χ0) is 25.7. The average molecular weight is 488 g/mol. The first-order valence-corrected chi connectivity index (χ1v) is 10.0. The summed E-state index contributed by atoms with van der Waals surface area (Å²) in [5.41, 5.74) is 0. The highest BCUT2D eigenvalue weighted by Crippen LogP contribution is 2.33. The molecule has 1 aliphatic rings. The van der Waals surface area contributed by atoms with Crippen LogP contribution in [0.15, 0.2) is 6.20 Å². The Morgan fingerprint density at radius 3 is 2.09 bits per heavy atom. The summed E-state index contributed by atoms with van der Waals surface area (Å²) in [7, 11) is 1.05. The van der Waals surface area contributed by atoms with Gasteiger partial charge in [-0.1, -0.05) is 0 Å². The molecule has 1 aromatic heterocycles. The molecule has 1 fully saturated rings. The number of aliphatic hydroxyl groups is 1. The summed E-state index contributed by atoms with van der Waals surface area (Å²) in [5, 5.41) is 20.9. The highest BCUT2D eigenvalue weighted by atomic mass is 16.7. The number of hydrogen-bond acceptors (Lipinski definition) is 12. The molecule has 0 amide bonds. The molecule has 1 aromatic rings. The first-order valence-electron chi connectivity index (χ1n) is 10.0. The summed E-state index contributed by atoms with van der Waals surface area (Å²) in [5.74, 6) is -3.80. The Morgan fingerprint density at radius 1 is 1.09 bits per heavy atom. The monoisotopic (exact) mass is 488 g/mol. The number of carbonyl (C=O) groups is 4. The molecule has 2 heterocycles.